The number of carboxylic acid groups (broad SMARTS) is 1. The van der Waals surface area contributed by atoms with Gasteiger partial charge in [-0.15, -0.1) is 0 Å². The van der Waals surface area contributed by atoms with Crippen LogP contribution in [0.25, 0.3) is 0 Å². The van der Waals surface area contributed by atoms with Crippen molar-refractivity contribution in [2.45, 2.75) is 18.9 Å². The van der Waals surface area contributed by atoms with Crippen LogP contribution in [0.3, 0.4) is 0 Å². The van der Waals surface area contributed by atoms with Crippen LogP contribution in [0.5, 0.6) is 5.75 Å². The van der Waals surface area contributed by atoms with Gasteiger partial charge in [-0.2, -0.15) is 0 Å². The highest BCUT2D eigenvalue weighted by molar-refractivity contribution is 5.88. The number of carboxylic acids is 1. The Morgan fingerprint density at radius 1 is 0.963 bits per heavy atom. The molecule has 7 heteroatoms. The molecule has 0 aliphatic rings. The zero-order valence-electron chi connectivity index (χ0n) is 15.0. The summed E-state index contributed by atoms with van der Waals surface area (Å²) in [4.78, 5) is 35.3. The maximum atomic E-state index is 12.0. The molecule has 142 valence electrons. The van der Waals surface area contributed by atoms with E-state index in [0.29, 0.717) is 5.75 Å². The highest BCUT2D eigenvalue weighted by Gasteiger charge is 2.20. The van der Waals surface area contributed by atoms with E-state index in [4.69, 9.17) is 4.74 Å². The number of hydrogen-bond acceptors (Lipinski definition) is 4. The molecule has 0 aliphatic carbocycles. The number of hydrogen-bond donors (Lipinski definition) is 3. The SMILES string of the molecule is COc1ccc(CC(=O)NCC(=O)NC(Cc2ccccc2)C(=O)O)cc1. The maximum absolute atomic E-state index is 12.0. The van der Waals surface area contributed by atoms with Gasteiger partial charge >= 0.3 is 5.97 Å². The number of carbonyl (C=O) groups excluding carboxylic acids is 2. The maximum Gasteiger partial charge on any atom is 0.326 e. The third kappa shape index (κ3) is 6.81. The molecule has 27 heavy (non-hydrogen) atoms. The smallest absolute Gasteiger partial charge is 0.326 e. The van der Waals surface area contributed by atoms with Gasteiger partial charge in [-0.3, -0.25) is 9.59 Å². The van der Waals surface area contributed by atoms with Crippen LogP contribution in [-0.4, -0.2) is 42.6 Å². The van der Waals surface area contributed by atoms with Crippen molar-refractivity contribution in [1.82, 2.24) is 10.6 Å². The Balaban J connectivity index is 1.80. The molecule has 2 aromatic rings. The summed E-state index contributed by atoms with van der Waals surface area (Å²) in [6, 6.07) is 15.0. The summed E-state index contributed by atoms with van der Waals surface area (Å²) in [5.41, 5.74) is 1.58. The fourth-order valence-corrected chi connectivity index (χ4v) is 2.47. The van der Waals surface area contributed by atoms with Crippen molar-refractivity contribution in [2.75, 3.05) is 13.7 Å². The topological polar surface area (TPSA) is 105 Å². The largest absolute Gasteiger partial charge is 0.497 e. The lowest BCUT2D eigenvalue weighted by Crippen LogP contribution is -2.46. The molecule has 2 amide bonds. The van der Waals surface area contributed by atoms with Crippen LogP contribution in [0.15, 0.2) is 54.6 Å². The lowest BCUT2D eigenvalue weighted by molar-refractivity contribution is -0.141. The number of methoxy groups -OCH3 is 1. The molecule has 1 atom stereocenters. The minimum atomic E-state index is -1.13. The van der Waals surface area contributed by atoms with E-state index in [0.717, 1.165) is 11.1 Å². The van der Waals surface area contributed by atoms with Crippen molar-refractivity contribution in [2.24, 2.45) is 0 Å². The normalized spacial score (nSPS) is 11.3. The first kappa shape index (κ1) is 20.0. The molecule has 3 N–H and O–H groups in total. The second-order valence-electron chi connectivity index (χ2n) is 5.95. The number of nitrogens with one attached hydrogen (secondary N) is 2. The van der Waals surface area contributed by atoms with E-state index < -0.39 is 17.9 Å². The van der Waals surface area contributed by atoms with Gasteiger partial charge in [-0.25, -0.2) is 4.79 Å². The standard InChI is InChI=1S/C20H22N2O5/c1-27-16-9-7-15(8-10-16)12-18(23)21-13-19(24)22-17(20(25)26)11-14-5-3-2-4-6-14/h2-10,17H,11-13H2,1H3,(H,21,23)(H,22,24)(H,25,26). The number of aliphatic carboxylic acids is 1. The molecule has 0 bridgehead atoms. The fraction of sp³-hybridized carbons (Fsp3) is 0.250. The minimum Gasteiger partial charge on any atom is -0.497 e. The molecule has 0 radical (unpaired) electrons. The summed E-state index contributed by atoms with van der Waals surface area (Å²) in [7, 11) is 1.56. The van der Waals surface area contributed by atoms with E-state index >= 15 is 0 Å². The summed E-state index contributed by atoms with van der Waals surface area (Å²) in [5.74, 6) is -1.32. The van der Waals surface area contributed by atoms with Crippen LogP contribution in [0.4, 0.5) is 0 Å². The van der Waals surface area contributed by atoms with Gasteiger partial charge in [-0.1, -0.05) is 42.5 Å². The predicted molar refractivity (Wildman–Crippen MR) is 99.4 cm³/mol. The zero-order valence-corrected chi connectivity index (χ0v) is 15.0. The summed E-state index contributed by atoms with van der Waals surface area (Å²) >= 11 is 0. The lowest BCUT2D eigenvalue weighted by Gasteiger charge is -2.15. The van der Waals surface area contributed by atoms with Gasteiger partial charge in [0.05, 0.1) is 20.1 Å². The van der Waals surface area contributed by atoms with Crippen molar-refractivity contribution >= 4 is 17.8 Å². The van der Waals surface area contributed by atoms with E-state index in [-0.39, 0.29) is 25.3 Å². The summed E-state index contributed by atoms with van der Waals surface area (Å²) in [6.45, 7) is -0.284. The van der Waals surface area contributed by atoms with Gasteiger partial charge < -0.3 is 20.5 Å². The van der Waals surface area contributed by atoms with Gasteiger partial charge in [-0.05, 0) is 23.3 Å². The molecule has 1 unspecified atom stereocenters. The Morgan fingerprint density at radius 3 is 2.22 bits per heavy atom. The second-order valence-corrected chi connectivity index (χ2v) is 5.95. The Labute approximate surface area is 157 Å². The first-order valence-corrected chi connectivity index (χ1v) is 8.43. The molecule has 2 aromatic carbocycles. The van der Waals surface area contributed by atoms with Crippen LogP contribution in [0.1, 0.15) is 11.1 Å². The van der Waals surface area contributed by atoms with E-state index in [1.54, 1.807) is 55.6 Å². The number of benzene rings is 2. The van der Waals surface area contributed by atoms with E-state index in [9.17, 15) is 19.5 Å². The molecule has 0 saturated carbocycles. The van der Waals surface area contributed by atoms with Crippen molar-refractivity contribution in [3.63, 3.8) is 0 Å². The number of carbonyl (C=O) groups is 3. The van der Waals surface area contributed by atoms with Crippen LogP contribution < -0.4 is 15.4 Å². The molecule has 0 fully saturated rings. The summed E-state index contributed by atoms with van der Waals surface area (Å²) in [5, 5.41) is 14.2. The molecule has 0 spiro atoms. The molecule has 2 rings (SSSR count). The minimum absolute atomic E-state index is 0.115. The number of rotatable bonds is 9. The lowest BCUT2D eigenvalue weighted by atomic mass is 10.1. The molecule has 7 nitrogen and oxygen atoms in total. The van der Waals surface area contributed by atoms with Gasteiger partial charge in [0.1, 0.15) is 11.8 Å². The van der Waals surface area contributed by atoms with Gasteiger partial charge in [0.15, 0.2) is 0 Å². The predicted octanol–water partition coefficient (Wildman–Crippen LogP) is 1.17. The number of amides is 2. The van der Waals surface area contributed by atoms with Gasteiger partial charge in [0.25, 0.3) is 0 Å². The Hall–Kier alpha value is -3.35. The first-order valence-electron chi connectivity index (χ1n) is 8.43. The molecular formula is C20H22N2O5. The van der Waals surface area contributed by atoms with Crippen molar-refractivity contribution in [1.29, 1.82) is 0 Å². The van der Waals surface area contributed by atoms with E-state index in [1.165, 1.54) is 0 Å². The highest BCUT2D eigenvalue weighted by atomic mass is 16.5. The van der Waals surface area contributed by atoms with Crippen molar-refractivity contribution in [3.05, 3.63) is 65.7 Å². The van der Waals surface area contributed by atoms with E-state index in [1.807, 2.05) is 6.07 Å². The summed E-state index contributed by atoms with van der Waals surface area (Å²) in [6.07, 6.45) is 0.283. The zero-order chi connectivity index (χ0) is 19.6. The van der Waals surface area contributed by atoms with Gasteiger partial charge in [0.2, 0.25) is 11.8 Å². The summed E-state index contributed by atoms with van der Waals surface area (Å²) < 4.78 is 5.05. The first-order chi connectivity index (χ1) is 13.0. The van der Waals surface area contributed by atoms with Crippen molar-refractivity contribution < 1.29 is 24.2 Å². The van der Waals surface area contributed by atoms with Crippen LogP contribution in [0.2, 0.25) is 0 Å². The Kier molecular flexibility index (Phi) is 7.37. The highest BCUT2D eigenvalue weighted by Crippen LogP contribution is 2.11. The number of ether oxygens (including phenoxy) is 1. The van der Waals surface area contributed by atoms with Crippen LogP contribution in [0, 0.1) is 0 Å². The molecular weight excluding hydrogens is 348 g/mol. The molecule has 0 saturated heterocycles. The van der Waals surface area contributed by atoms with Crippen LogP contribution in [-0.2, 0) is 27.2 Å². The average molecular weight is 370 g/mol. The van der Waals surface area contributed by atoms with Gasteiger partial charge in [0, 0.05) is 6.42 Å². The third-order valence-corrected chi connectivity index (χ3v) is 3.89. The molecule has 0 aliphatic heterocycles. The fourth-order valence-electron chi connectivity index (χ4n) is 2.47. The average Bonchev–Trinajstić information content (AvgIpc) is 2.67. The van der Waals surface area contributed by atoms with E-state index in [2.05, 4.69) is 10.6 Å². The Morgan fingerprint density at radius 2 is 1.63 bits per heavy atom. The molecule has 0 heterocycles. The monoisotopic (exact) mass is 370 g/mol. The van der Waals surface area contributed by atoms with Crippen molar-refractivity contribution in [3.8, 4) is 5.75 Å². The third-order valence-electron chi connectivity index (χ3n) is 3.89. The quantitative estimate of drug-likeness (QED) is 0.615. The molecule has 0 aromatic heterocycles. The Bertz CT molecular complexity index is 775. The second kappa shape index (κ2) is 9.96. The van der Waals surface area contributed by atoms with Crippen LogP contribution >= 0.6 is 0 Å².